The summed E-state index contributed by atoms with van der Waals surface area (Å²) in [4.78, 5) is 10.6. The smallest absolute Gasteiger partial charge is 0.416 e. The molecule has 2 aromatic rings. The zero-order chi connectivity index (χ0) is 16.2. The molecule has 0 spiro atoms. The van der Waals surface area contributed by atoms with Crippen LogP contribution in [0, 0.1) is 0 Å². The number of halogens is 3. The Hall–Kier alpha value is -2.50. The Morgan fingerprint density at radius 3 is 2.32 bits per heavy atom. The monoisotopic (exact) mass is 310 g/mol. The minimum atomic E-state index is -4.38. The predicted molar refractivity (Wildman–Crippen MR) is 73.6 cm³/mol. The lowest BCUT2D eigenvalue weighted by Crippen LogP contribution is -2.06. The molecule has 0 saturated heterocycles. The van der Waals surface area contributed by atoms with Crippen LogP contribution in [-0.4, -0.2) is 11.1 Å². The number of hydrogen-bond acceptors (Lipinski definition) is 2. The minimum Gasteiger partial charge on any atom is -0.489 e. The lowest BCUT2D eigenvalue weighted by molar-refractivity contribution is -0.138. The van der Waals surface area contributed by atoms with Crippen molar-refractivity contribution in [2.45, 2.75) is 19.2 Å². The van der Waals surface area contributed by atoms with Crippen LogP contribution in [0.3, 0.4) is 0 Å². The van der Waals surface area contributed by atoms with Gasteiger partial charge in [-0.1, -0.05) is 24.3 Å². The summed E-state index contributed by atoms with van der Waals surface area (Å²) in [5.41, 5.74) is 0.314. The second kappa shape index (κ2) is 6.51. The molecular weight excluding hydrogens is 297 g/mol. The van der Waals surface area contributed by atoms with Crippen LogP contribution >= 0.6 is 0 Å². The van der Waals surface area contributed by atoms with E-state index in [2.05, 4.69) is 0 Å². The van der Waals surface area contributed by atoms with Crippen molar-refractivity contribution in [3.05, 3.63) is 65.2 Å². The first-order valence-electron chi connectivity index (χ1n) is 6.44. The molecule has 3 nitrogen and oxygen atoms in total. The third-order valence-corrected chi connectivity index (χ3v) is 2.94. The lowest BCUT2D eigenvalue weighted by Gasteiger charge is -2.10. The van der Waals surface area contributed by atoms with Gasteiger partial charge in [0.2, 0.25) is 0 Å². The van der Waals surface area contributed by atoms with Crippen molar-refractivity contribution in [2.24, 2.45) is 0 Å². The Balaban J connectivity index is 1.99. The molecule has 0 fully saturated rings. The second-order valence-corrected chi connectivity index (χ2v) is 4.70. The molecule has 0 aliphatic heterocycles. The van der Waals surface area contributed by atoms with Crippen LogP contribution in [0.15, 0.2) is 48.5 Å². The van der Waals surface area contributed by atoms with Gasteiger partial charge < -0.3 is 9.84 Å². The highest BCUT2D eigenvalue weighted by Crippen LogP contribution is 2.29. The highest BCUT2D eigenvalue weighted by atomic mass is 19.4. The van der Waals surface area contributed by atoms with E-state index in [9.17, 15) is 18.0 Å². The van der Waals surface area contributed by atoms with E-state index in [1.54, 1.807) is 30.3 Å². The van der Waals surface area contributed by atoms with Gasteiger partial charge >= 0.3 is 12.1 Å². The summed E-state index contributed by atoms with van der Waals surface area (Å²) < 4.78 is 43.2. The predicted octanol–water partition coefficient (Wildman–Crippen LogP) is 3.91. The average molecular weight is 310 g/mol. The Labute approximate surface area is 125 Å². The Morgan fingerprint density at radius 2 is 1.73 bits per heavy atom. The van der Waals surface area contributed by atoms with E-state index in [0.717, 1.165) is 12.1 Å². The molecule has 0 aliphatic rings. The van der Waals surface area contributed by atoms with Gasteiger partial charge in [0.15, 0.2) is 0 Å². The SMILES string of the molecule is O=C(O)Cc1ccc(OCc2cccc(C(F)(F)F)c2)cc1. The van der Waals surface area contributed by atoms with E-state index < -0.39 is 17.7 Å². The largest absolute Gasteiger partial charge is 0.489 e. The fourth-order valence-electron chi connectivity index (χ4n) is 1.88. The van der Waals surface area contributed by atoms with Gasteiger partial charge in [-0.15, -0.1) is 0 Å². The Morgan fingerprint density at radius 1 is 1.05 bits per heavy atom. The summed E-state index contributed by atoms with van der Waals surface area (Å²) in [6.45, 7) is 0.00218. The zero-order valence-corrected chi connectivity index (χ0v) is 11.4. The molecule has 1 N–H and O–H groups in total. The van der Waals surface area contributed by atoms with Crippen LogP contribution in [0.25, 0.3) is 0 Å². The summed E-state index contributed by atoms with van der Waals surface area (Å²) in [7, 11) is 0. The molecule has 0 saturated carbocycles. The third-order valence-electron chi connectivity index (χ3n) is 2.94. The first-order chi connectivity index (χ1) is 10.3. The first-order valence-corrected chi connectivity index (χ1v) is 6.44. The molecule has 0 aromatic heterocycles. The third kappa shape index (κ3) is 4.51. The van der Waals surface area contributed by atoms with Gasteiger partial charge in [-0.25, -0.2) is 0 Å². The van der Waals surface area contributed by atoms with Crippen LogP contribution < -0.4 is 4.74 Å². The summed E-state index contributed by atoms with van der Waals surface area (Å²) in [6, 6.07) is 11.3. The topological polar surface area (TPSA) is 46.5 Å². The van der Waals surface area contributed by atoms with E-state index in [0.29, 0.717) is 16.9 Å². The number of carboxylic acids is 1. The molecule has 0 atom stereocenters. The van der Waals surface area contributed by atoms with Gasteiger partial charge in [-0.3, -0.25) is 4.79 Å². The maximum Gasteiger partial charge on any atom is 0.416 e. The van der Waals surface area contributed by atoms with E-state index in [1.807, 2.05) is 0 Å². The molecule has 0 bridgehead atoms. The number of hydrogen-bond donors (Lipinski definition) is 1. The van der Waals surface area contributed by atoms with Crippen LogP contribution in [0.1, 0.15) is 16.7 Å². The molecular formula is C16H13F3O3. The van der Waals surface area contributed by atoms with Crippen LogP contribution in [0.5, 0.6) is 5.75 Å². The van der Waals surface area contributed by atoms with Gasteiger partial charge in [-0.05, 0) is 35.4 Å². The van der Waals surface area contributed by atoms with Crippen molar-refractivity contribution < 1.29 is 27.8 Å². The maximum atomic E-state index is 12.6. The van der Waals surface area contributed by atoms with Crippen molar-refractivity contribution in [1.29, 1.82) is 0 Å². The van der Waals surface area contributed by atoms with Crippen molar-refractivity contribution >= 4 is 5.97 Å². The molecule has 22 heavy (non-hydrogen) atoms. The van der Waals surface area contributed by atoms with E-state index in [1.165, 1.54) is 6.07 Å². The van der Waals surface area contributed by atoms with Gasteiger partial charge in [0.05, 0.1) is 12.0 Å². The lowest BCUT2D eigenvalue weighted by atomic mass is 10.1. The summed E-state index contributed by atoms with van der Waals surface area (Å²) in [5.74, 6) is -0.468. The fourth-order valence-corrected chi connectivity index (χ4v) is 1.88. The van der Waals surface area contributed by atoms with Gasteiger partial charge in [0.25, 0.3) is 0 Å². The standard InChI is InChI=1S/C16H13F3O3/c17-16(18,19)13-3-1-2-12(8-13)10-22-14-6-4-11(5-7-14)9-15(20)21/h1-8H,9-10H2,(H,20,21). The second-order valence-electron chi connectivity index (χ2n) is 4.70. The van der Waals surface area contributed by atoms with Crippen LogP contribution in [0.4, 0.5) is 13.2 Å². The number of alkyl halides is 3. The molecule has 0 radical (unpaired) electrons. The molecule has 6 heteroatoms. The van der Waals surface area contributed by atoms with Crippen molar-refractivity contribution in [3.8, 4) is 5.75 Å². The van der Waals surface area contributed by atoms with E-state index in [4.69, 9.17) is 9.84 Å². The molecule has 0 unspecified atom stereocenters. The quantitative estimate of drug-likeness (QED) is 0.910. The summed E-state index contributed by atoms with van der Waals surface area (Å²) in [5, 5.41) is 8.66. The molecule has 2 aromatic carbocycles. The van der Waals surface area contributed by atoms with Crippen molar-refractivity contribution in [3.63, 3.8) is 0 Å². The Bertz CT molecular complexity index is 648. The molecule has 0 amide bonds. The fraction of sp³-hybridized carbons (Fsp3) is 0.188. The number of ether oxygens (including phenoxy) is 1. The van der Waals surface area contributed by atoms with Gasteiger partial charge in [-0.2, -0.15) is 13.2 Å². The Kier molecular flexibility index (Phi) is 4.70. The molecule has 0 heterocycles. The zero-order valence-electron chi connectivity index (χ0n) is 11.4. The van der Waals surface area contributed by atoms with Gasteiger partial charge in [0, 0.05) is 0 Å². The number of carbonyl (C=O) groups is 1. The minimum absolute atomic E-state index is 0.00218. The van der Waals surface area contributed by atoms with Crippen molar-refractivity contribution in [2.75, 3.05) is 0 Å². The van der Waals surface area contributed by atoms with Crippen LogP contribution in [-0.2, 0) is 24.0 Å². The maximum absolute atomic E-state index is 12.6. The number of rotatable bonds is 5. The average Bonchev–Trinajstić information content (AvgIpc) is 2.45. The van der Waals surface area contributed by atoms with Crippen LogP contribution in [0.2, 0.25) is 0 Å². The number of benzene rings is 2. The van der Waals surface area contributed by atoms with Gasteiger partial charge in [0.1, 0.15) is 12.4 Å². The highest BCUT2D eigenvalue weighted by molar-refractivity contribution is 5.70. The summed E-state index contributed by atoms with van der Waals surface area (Å²) >= 11 is 0. The number of aliphatic carboxylic acids is 1. The van der Waals surface area contributed by atoms with E-state index >= 15 is 0 Å². The first kappa shape index (κ1) is 15.9. The molecule has 116 valence electrons. The normalized spacial score (nSPS) is 11.2. The highest BCUT2D eigenvalue weighted by Gasteiger charge is 2.30. The molecule has 2 rings (SSSR count). The number of carboxylic acid groups (broad SMARTS) is 1. The van der Waals surface area contributed by atoms with E-state index in [-0.39, 0.29) is 13.0 Å². The van der Waals surface area contributed by atoms with Crippen molar-refractivity contribution in [1.82, 2.24) is 0 Å². The summed E-state index contributed by atoms with van der Waals surface area (Å²) in [6.07, 6.45) is -4.47. The molecule has 0 aliphatic carbocycles.